The van der Waals surface area contributed by atoms with Crippen molar-refractivity contribution in [3.05, 3.63) is 11.4 Å². The highest BCUT2D eigenvalue weighted by atomic mass is 35.5. The number of aliphatic imine (C=N–C) groups is 1. The van der Waals surface area contributed by atoms with Crippen LogP contribution in [0.1, 0.15) is 0 Å². The highest BCUT2D eigenvalue weighted by Gasteiger charge is 1.97. The van der Waals surface area contributed by atoms with Gasteiger partial charge in [-0.1, -0.05) is 11.6 Å². The molecule has 0 atom stereocenters. The van der Waals surface area contributed by atoms with Crippen molar-refractivity contribution in [3.8, 4) is 0 Å². The first-order valence-electron chi connectivity index (χ1n) is 2.14. The second-order valence-corrected chi connectivity index (χ2v) is 1.77. The van der Waals surface area contributed by atoms with Gasteiger partial charge in [-0.05, 0) is 0 Å². The van der Waals surface area contributed by atoms with Crippen LogP contribution in [0.4, 0.5) is 0 Å². The van der Waals surface area contributed by atoms with Crippen molar-refractivity contribution >= 4 is 17.8 Å². The third-order valence-electron chi connectivity index (χ3n) is 0.739. The van der Waals surface area contributed by atoms with E-state index in [1.54, 1.807) is 0 Å². The van der Waals surface area contributed by atoms with E-state index in [4.69, 9.17) is 16.8 Å². The lowest BCUT2D eigenvalue weighted by Crippen LogP contribution is -2.17. The van der Waals surface area contributed by atoms with Crippen LogP contribution in [0.25, 0.3) is 0 Å². The Morgan fingerprint density at radius 3 is 3.00 bits per heavy atom. The molecule has 1 heterocycles. The number of halogens is 1. The van der Waals surface area contributed by atoms with Gasteiger partial charge < -0.3 is 0 Å². The first-order chi connectivity index (χ1) is 3.79. The molecule has 0 fully saturated rings. The van der Waals surface area contributed by atoms with Crippen LogP contribution >= 0.6 is 11.6 Å². The summed E-state index contributed by atoms with van der Waals surface area (Å²) in [6.07, 6.45) is 2.88. The molecular weight excluding hydrogens is 128 g/mol. The van der Waals surface area contributed by atoms with Crippen LogP contribution in [0.3, 0.4) is 0 Å². The van der Waals surface area contributed by atoms with Gasteiger partial charge in [0.15, 0.2) is 0 Å². The Labute approximate surface area is 51.8 Å². The fourth-order valence-corrected chi connectivity index (χ4v) is 0.602. The molecular formula is C4H5ClN2O. The van der Waals surface area contributed by atoms with E-state index in [2.05, 4.69) is 4.99 Å². The minimum Gasteiger partial charge on any atom is -0.289 e. The van der Waals surface area contributed by atoms with Crippen LogP contribution in [-0.2, 0) is 0 Å². The quantitative estimate of drug-likeness (QED) is 0.495. The molecule has 0 bridgehead atoms. The summed E-state index contributed by atoms with van der Waals surface area (Å²) in [5, 5.41) is 9.93. The molecule has 0 aliphatic carbocycles. The second-order valence-electron chi connectivity index (χ2n) is 1.39. The predicted molar refractivity (Wildman–Crippen MR) is 30.9 cm³/mol. The summed E-state index contributed by atoms with van der Waals surface area (Å²) in [4.78, 5) is 3.68. The van der Waals surface area contributed by atoms with Crippen LogP contribution < -0.4 is 0 Å². The Balaban J connectivity index is 2.63. The van der Waals surface area contributed by atoms with E-state index in [0.717, 1.165) is 5.06 Å². The van der Waals surface area contributed by atoms with Crippen molar-refractivity contribution in [1.29, 1.82) is 0 Å². The Bertz CT molecular complexity index is 143. The normalized spacial score (nSPS) is 18.8. The largest absolute Gasteiger partial charge is 0.289 e. The average molecular weight is 133 g/mol. The summed E-state index contributed by atoms with van der Waals surface area (Å²) in [5.41, 5.74) is 0. The molecule has 44 valence electrons. The zero-order valence-corrected chi connectivity index (χ0v) is 4.84. The summed E-state index contributed by atoms with van der Waals surface area (Å²) < 4.78 is 0. The minimum absolute atomic E-state index is 0.304. The van der Waals surface area contributed by atoms with E-state index in [1.165, 1.54) is 12.4 Å². The van der Waals surface area contributed by atoms with Crippen molar-refractivity contribution in [2.75, 3.05) is 6.54 Å². The van der Waals surface area contributed by atoms with Gasteiger partial charge in [0.25, 0.3) is 0 Å². The standard InChI is InChI=1S/C4H5ClN2O/c5-4-3-7(8)2-1-6-4/h1,3,8H,2H2. The van der Waals surface area contributed by atoms with Gasteiger partial charge in [0, 0.05) is 6.21 Å². The van der Waals surface area contributed by atoms with Crippen LogP contribution in [-0.4, -0.2) is 23.0 Å². The van der Waals surface area contributed by atoms with Gasteiger partial charge >= 0.3 is 0 Å². The molecule has 0 aromatic rings. The van der Waals surface area contributed by atoms with E-state index in [0.29, 0.717) is 11.7 Å². The fraction of sp³-hybridized carbons (Fsp3) is 0.250. The fourth-order valence-electron chi connectivity index (χ4n) is 0.421. The van der Waals surface area contributed by atoms with Gasteiger partial charge in [-0.2, -0.15) is 0 Å². The molecule has 0 aromatic heterocycles. The van der Waals surface area contributed by atoms with Crippen LogP contribution in [0.15, 0.2) is 16.3 Å². The van der Waals surface area contributed by atoms with Crippen LogP contribution in [0.2, 0.25) is 0 Å². The molecule has 8 heavy (non-hydrogen) atoms. The Kier molecular flexibility index (Phi) is 1.50. The Morgan fingerprint density at radius 1 is 1.88 bits per heavy atom. The zero-order valence-electron chi connectivity index (χ0n) is 4.08. The summed E-state index contributed by atoms with van der Waals surface area (Å²) in [7, 11) is 0. The van der Waals surface area contributed by atoms with E-state index < -0.39 is 0 Å². The maximum absolute atomic E-state index is 8.66. The molecule has 3 nitrogen and oxygen atoms in total. The van der Waals surface area contributed by atoms with Gasteiger partial charge in [0.1, 0.15) is 5.16 Å². The maximum Gasteiger partial charge on any atom is 0.146 e. The lowest BCUT2D eigenvalue weighted by Gasteiger charge is -2.10. The zero-order chi connectivity index (χ0) is 5.98. The van der Waals surface area contributed by atoms with Gasteiger partial charge in [-0.3, -0.25) is 10.3 Å². The lowest BCUT2D eigenvalue weighted by molar-refractivity contribution is -0.0256. The average Bonchev–Trinajstić information content (AvgIpc) is 1.64. The van der Waals surface area contributed by atoms with E-state index >= 15 is 0 Å². The van der Waals surface area contributed by atoms with Crippen molar-refractivity contribution in [2.45, 2.75) is 0 Å². The number of hydrogen-bond donors (Lipinski definition) is 1. The SMILES string of the molecule is ON1C=C(Cl)N=CC1. The van der Waals surface area contributed by atoms with Crippen molar-refractivity contribution in [1.82, 2.24) is 5.06 Å². The summed E-state index contributed by atoms with van der Waals surface area (Å²) >= 11 is 5.37. The van der Waals surface area contributed by atoms with Crippen molar-refractivity contribution in [2.24, 2.45) is 4.99 Å². The first-order valence-corrected chi connectivity index (χ1v) is 2.52. The molecule has 0 saturated heterocycles. The molecule has 0 aromatic carbocycles. The first kappa shape index (κ1) is 5.59. The molecule has 1 aliphatic rings. The monoisotopic (exact) mass is 132 g/mol. The predicted octanol–water partition coefficient (Wildman–Crippen LogP) is 0.800. The molecule has 0 saturated carbocycles. The maximum atomic E-state index is 8.66. The molecule has 1 rings (SSSR count). The number of hydrogen-bond acceptors (Lipinski definition) is 3. The molecule has 1 N–H and O–H groups in total. The smallest absolute Gasteiger partial charge is 0.146 e. The van der Waals surface area contributed by atoms with Crippen LogP contribution in [0, 0.1) is 0 Å². The summed E-state index contributed by atoms with van der Waals surface area (Å²) in [5.74, 6) is 0. The topological polar surface area (TPSA) is 35.8 Å². The highest BCUT2D eigenvalue weighted by Crippen LogP contribution is 2.05. The Hall–Kier alpha value is -0.540. The van der Waals surface area contributed by atoms with Gasteiger partial charge in [0.05, 0.1) is 12.7 Å². The molecule has 0 amide bonds. The second kappa shape index (κ2) is 2.15. The van der Waals surface area contributed by atoms with Gasteiger partial charge in [0.2, 0.25) is 0 Å². The lowest BCUT2D eigenvalue weighted by atomic mass is 10.6. The van der Waals surface area contributed by atoms with Gasteiger partial charge in [-0.15, -0.1) is 0 Å². The summed E-state index contributed by atoms with van der Waals surface area (Å²) in [6.45, 7) is 0.413. The van der Waals surface area contributed by atoms with Crippen molar-refractivity contribution < 1.29 is 5.21 Å². The van der Waals surface area contributed by atoms with Gasteiger partial charge in [-0.25, -0.2) is 4.99 Å². The summed E-state index contributed by atoms with van der Waals surface area (Å²) in [6, 6.07) is 0. The van der Waals surface area contributed by atoms with E-state index in [9.17, 15) is 0 Å². The third-order valence-corrected chi connectivity index (χ3v) is 0.934. The van der Waals surface area contributed by atoms with Crippen LogP contribution in [0.5, 0.6) is 0 Å². The molecule has 0 spiro atoms. The van der Waals surface area contributed by atoms with E-state index in [-0.39, 0.29) is 0 Å². The number of nitrogens with zero attached hydrogens (tertiary/aromatic N) is 2. The number of hydroxylamine groups is 2. The highest BCUT2D eigenvalue weighted by molar-refractivity contribution is 6.29. The molecule has 4 heteroatoms. The molecule has 1 aliphatic heterocycles. The van der Waals surface area contributed by atoms with Crippen molar-refractivity contribution in [3.63, 3.8) is 0 Å². The molecule has 0 unspecified atom stereocenters. The van der Waals surface area contributed by atoms with E-state index in [1.807, 2.05) is 0 Å². The minimum atomic E-state index is 0.304. The third kappa shape index (κ3) is 1.21. The number of rotatable bonds is 0. The molecule has 0 radical (unpaired) electrons. The Morgan fingerprint density at radius 2 is 2.62 bits per heavy atom.